The van der Waals surface area contributed by atoms with Crippen LogP contribution in [0.3, 0.4) is 0 Å². The Morgan fingerprint density at radius 1 is 1.33 bits per heavy atom. The van der Waals surface area contributed by atoms with E-state index in [9.17, 15) is 4.79 Å². The molecule has 0 fully saturated rings. The van der Waals surface area contributed by atoms with Gasteiger partial charge in [0.2, 0.25) is 5.91 Å². The van der Waals surface area contributed by atoms with Gasteiger partial charge in [0.25, 0.3) is 0 Å². The zero-order valence-electron chi connectivity index (χ0n) is 10.8. The molecule has 0 aromatic heterocycles. The lowest BCUT2D eigenvalue weighted by Crippen LogP contribution is -2.25. The fraction of sp³-hybridized carbons (Fsp3) is 0.357. The van der Waals surface area contributed by atoms with Crippen LogP contribution in [0.25, 0.3) is 0 Å². The molecule has 4 nitrogen and oxygen atoms in total. The lowest BCUT2D eigenvalue weighted by molar-refractivity contribution is -0.114. The highest BCUT2D eigenvalue weighted by Crippen LogP contribution is 2.20. The first-order chi connectivity index (χ1) is 8.63. The van der Waals surface area contributed by atoms with Gasteiger partial charge in [-0.15, -0.1) is 0 Å². The summed E-state index contributed by atoms with van der Waals surface area (Å²) in [5, 5.41) is 2.73. The van der Waals surface area contributed by atoms with E-state index < -0.39 is 0 Å². The van der Waals surface area contributed by atoms with Crippen molar-refractivity contribution >= 4 is 11.6 Å². The largest absolute Gasteiger partial charge is 0.462 e. The molecule has 1 aliphatic heterocycles. The number of carbonyl (C=O) groups excluding carboxylic acids is 1. The third-order valence-corrected chi connectivity index (χ3v) is 2.79. The molecule has 1 aromatic carbocycles. The molecule has 18 heavy (non-hydrogen) atoms. The van der Waals surface area contributed by atoms with Crippen LogP contribution in [0.4, 0.5) is 5.69 Å². The summed E-state index contributed by atoms with van der Waals surface area (Å²) >= 11 is 0. The molecule has 0 atom stereocenters. The summed E-state index contributed by atoms with van der Waals surface area (Å²) in [7, 11) is 2.09. The normalized spacial score (nSPS) is 16.0. The van der Waals surface area contributed by atoms with E-state index in [2.05, 4.69) is 23.3 Å². The minimum atomic E-state index is -0.0679. The van der Waals surface area contributed by atoms with Crippen LogP contribution in [-0.4, -0.2) is 30.9 Å². The SMILES string of the molecule is CC(=O)Nc1ccc(OC2=CCN(C)CC2)cc1. The molecular formula is C14H18N2O2. The van der Waals surface area contributed by atoms with E-state index in [4.69, 9.17) is 4.74 Å². The predicted molar refractivity (Wildman–Crippen MR) is 71.6 cm³/mol. The van der Waals surface area contributed by atoms with E-state index >= 15 is 0 Å². The average Bonchev–Trinajstić information content (AvgIpc) is 2.34. The van der Waals surface area contributed by atoms with Crippen LogP contribution in [0.5, 0.6) is 5.75 Å². The van der Waals surface area contributed by atoms with E-state index in [1.54, 1.807) is 0 Å². The van der Waals surface area contributed by atoms with Gasteiger partial charge in [-0.25, -0.2) is 0 Å². The number of rotatable bonds is 3. The van der Waals surface area contributed by atoms with Gasteiger partial charge < -0.3 is 15.0 Å². The van der Waals surface area contributed by atoms with E-state index in [1.807, 2.05) is 24.3 Å². The number of benzene rings is 1. The zero-order valence-corrected chi connectivity index (χ0v) is 10.8. The Hall–Kier alpha value is -1.81. The predicted octanol–water partition coefficient (Wildman–Crippen LogP) is 2.24. The number of amides is 1. The highest BCUT2D eigenvalue weighted by molar-refractivity contribution is 5.88. The molecule has 0 saturated carbocycles. The average molecular weight is 246 g/mol. The first kappa shape index (κ1) is 12.6. The van der Waals surface area contributed by atoms with Gasteiger partial charge in [0.05, 0.1) is 0 Å². The molecule has 1 aliphatic rings. The Labute approximate surface area is 107 Å². The molecule has 96 valence electrons. The second kappa shape index (κ2) is 5.69. The van der Waals surface area contributed by atoms with Crippen LogP contribution in [0.2, 0.25) is 0 Å². The number of carbonyl (C=O) groups is 1. The van der Waals surface area contributed by atoms with Gasteiger partial charge in [-0.05, 0) is 37.4 Å². The molecule has 4 heteroatoms. The number of nitrogens with zero attached hydrogens (tertiary/aromatic N) is 1. The summed E-state index contributed by atoms with van der Waals surface area (Å²) in [5.74, 6) is 1.75. The van der Waals surface area contributed by atoms with Gasteiger partial charge in [-0.3, -0.25) is 4.79 Å². The van der Waals surface area contributed by atoms with E-state index in [0.29, 0.717) is 0 Å². The third kappa shape index (κ3) is 3.60. The zero-order chi connectivity index (χ0) is 13.0. The van der Waals surface area contributed by atoms with Crippen molar-refractivity contribution in [2.24, 2.45) is 0 Å². The molecule has 0 saturated heterocycles. The van der Waals surface area contributed by atoms with Gasteiger partial charge in [-0.2, -0.15) is 0 Å². The molecular weight excluding hydrogens is 228 g/mol. The van der Waals surface area contributed by atoms with Crippen LogP contribution in [-0.2, 0) is 4.79 Å². The van der Waals surface area contributed by atoms with Crippen LogP contribution in [0.15, 0.2) is 36.1 Å². The van der Waals surface area contributed by atoms with Gasteiger partial charge in [0.15, 0.2) is 0 Å². The van der Waals surface area contributed by atoms with Gasteiger partial charge in [0, 0.05) is 32.1 Å². The summed E-state index contributed by atoms with van der Waals surface area (Å²) in [4.78, 5) is 13.1. The minimum Gasteiger partial charge on any atom is -0.462 e. The third-order valence-electron chi connectivity index (χ3n) is 2.79. The van der Waals surface area contributed by atoms with Crippen molar-refractivity contribution < 1.29 is 9.53 Å². The van der Waals surface area contributed by atoms with Crippen molar-refractivity contribution in [2.45, 2.75) is 13.3 Å². The molecule has 0 aliphatic carbocycles. The Bertz CT molecular complexity index is 451. The maximum atomic E-state index is 10.9. The lowest BCUT2D eigenvalue weighted by Gasteiger charge is -2.21. The maximum Gasteiger partial charge on any atom is 0.221 e. The number of anilines is 1. The van der Waals surface area contributed by atoms with Crippen molar-refractivity contribution in [1.29, 1.82) is 0 Å². The van der Waals surface area contributed by atoms with Crippen LogP contribution >= 0.6 is 0 Å². The quantitative estimate of drug-likeness (QED) is 0.889. The van der Waals surface area contributed by atoms with Crippen molar-refractivity contribution in [2.75, 3.05) is 25.5 Å². The Kier molecular flexibility index (Phi) is 3.99. The Balaban J connectivity index is 1.96. The monoisotopic (exact) mass is 246 g/mol. The summed E-state index contributed by atoms with van der Waals surface area (Å²) < 4.78 is 5.79. The molecule has 0 radical (unpaired) electrons. The lowest BCUT2D eigenvalue weighted by atomic mass is 10.2. The second-order valence-electron chi connectivity index (χ2n) is 4.49. The number of ether oxygens (including phenoxy) is 1. The van der Waals surface area contributed by atoms with Crippen LogP contribution < -0.4 is 10.1 Å². The molecule has 1 N–H and O–H groups in total. The minimum absolute atomic E-state index is 0.0679. The highest BCUT2D eigenvalue weighted by atomic mass is 16.5. The van der Waals surface area contributed by atoms with Crippen LogP contribution in [0, 0.1) is 0 Å². The fourth-order valence-corrected chi connectivity index (χ4v) is 1.81. The van der Waals surface area contributed by atoms with E-state index in [-0.39, 0.29) is 5.91 Å². The standard InChI is InChI=1S/C14H18N2O2/c1-11(17)15-12-3-5-13(6-4-12)18-14-7-9-16(2)10-8-14/h3-7H,8-10H2,1-2H3,(H,15,17). The second-order valence-corrected chi connectivity index (χ2v) is 4.49. The molecule has 1 aromatic rings. The first-order valence-electron chi connectivity index (χ1n) is 6.06. The summed E-state index contributed by atoms with van der Waals surface area (Å²) in [5.41, 5.74) is 0.784. The number of likely N-dealkylation sites (N-methyl/N-ethyl adjacent to an activating group) is 1. The van der Waals surface area contributed by atoms with Crippen molar-refractivity contribution in [3.63, 3.8) is 0 Å². The van der Waals surface area contributed by atoms with E-state index in [1.165, 1.54) is 6.92 Å². The Morgan fingerprint density at radius 3 is 2.61 bits per heavy atom. The van der Waals surface area contributed by atoms with Crippen molar-refractivity contribution in [3.8, 4) is 5.75 Å². The molecule has 0 unspecified atom stereocenters. The van der Waals surface area contributed by atoms with Crippen molar-refractivity contribution in [3.05, 3.63) is 36.1 Å². The fourth-order valence-electron chi connectivity index (χ4n) is 1.81. The summed E-state index contributed by atoms with van der Waals surface area (Å²) in [6.07, 6.45) is 3.04. The van der Waals surface area contributed by atoms with Gasteiger partial charge >= 0.3 is 0 Å². The van der Waals surface area contributed by atoms with Gasteiger partial charge in [0.1, 0.15) is 11.5 Å². The topological polar surface area (TPSA) is 41.6 Å². The number of hydrogen-bond donors (Lipinski definition) is 1. The number of nitrogens with one attached hydrogen (secondary N) is 1. The van der Waals surface area contributed by atoms with Crippen LogP contribution in [0.1, 0.15) is 13.3 Å². The smallest absolute Gasteiger partial charge is 0.221 e. The molecule has 0 bridgehead atoms. The van der Waals surface area contributed by atoms with Crippen molar-refractivity contribution in [1.82, 2.24) is 4.90 Å². The summed E-state index contributed by atoms with van der Waals surface area (Å²) in [6, 6.07) is 7.41. The summed E-state index contributed by atoms with van der Waals surface area (Å²) in [6.45, 7) is 3.45. The Morgan fingerprint density at radius 2 is 2.06 bits per heavy atom. The molecule has 0 spiro atoms. The van der Waals surface area contributed by atoms with Gasteiger partial charge in [-0.1, -0.05) is 0 Å². The first-order valence-corrected chi connectivity index (χ1v) is 6.06. The van der Waals surface area contributed by atoms with E-state index in [0.717, 1.165) is 36.7 Å². The molecule has 2 rings (SSSR count). The molecule has 1 heterocycles. The maximum absolute atomic E-state index is 10.9. The molecule has 1 amide bonds. The number of hydrogen-bond acceptors (Lipinski definition) is 3. The highest BCUT2D eigenvalue weighted by Gasteiger charge is 2.09.